The van der Waals surface area contributed by atoms with Gasteiger partial charge in [0.05, 0.1) is 18.7 Å². The molecular formula is C20H23ClN2O3. The second kappa shape index (κ2) is 6.99. The van der Waals surface area contributed by atoms with Crippen LogP contribution < -0.4 is 15.0 Å². The van der Waals surface area contributed by atoms with Crippen LogP contribution in [0, 0.1) is 11.8 Å². The number of benzene rings is 2. The Morgan fingerprint density at radius 2 is 1.88 bits per heavy atom. The van der Waals surface area contributed by atoms with Crippen LogP contribution in [-0.4, -0.2) is 43.1 Å². The number of phenols is 1. The first-order valence-corrected chi connectivity index (χ1v) is 9.24. The molecule has 6 heteroatoms. The van der Waals surface area contributed by atoms with E-state index in [9.17, 15) is 10.2 Å². The molecule has 4 atom stereocenters. The summed E-state index contributed by atoms with van der Waals surface area (Å²) in [5.74, 6) is 0.961. The fourth-order valence-electron chi connectivity index (χ4n) is 4.44. The predicted molar refractivity (Wildman–Crippen MR) is 102 cm³/mol. The Morgan fingerprint density at radius 3 is 2.58 bits per heavy atom. The molecule has 0 spiro atoms. The summed E-state index contributed by atoms with van der Waals surface area (Å²) in [7, 11) is 1.51. The van der Waals surface area contributed by atoms with Gasteiger partial charge in [0.2, 0.25) is 0 Å². The van der Waals surface area contributed by atoms with Gasteiger partial charge in [-0.3, -0.25) is 0 Å². The second-order valence-electron chi connectivity index (χ2n) is 7.02. The van der Waals surface area contributed by atoms with Gasteiger partial charge >= 0.3 is 0 Å². The third-order valence-corrected chi connectivity index (χ3v) is 6.13. The first-order chi connectivity index (χ1) is 12.6. The van der Waals surface area contributed by atoms with Crippen molar-refractivity contribution < 1.29 is 14.9 Å². The summed E-state index contributed by atoms with van der Waals surface area (Å²) in [4.78, 5) is 2.36. The van der Waals surface area contributed by atoms with E-state index < -0.39 is 0 Å². The van der Waals surface area contributed by atoms with Gasteiger partial charge in [-0.15, -0.1) is 0 Å². The van der Waals surface area contributed by atoms with Crippen LogP contribution >= 0.6 is 11.6 Å². The van der Waals surface area contributed by atoms with Gasteiger partial charge in [-0.05, 0) is 23.8 Å². The number of nitrogens with one attached hydrogen (secondary N) is 1. The number of para-hydroxylation sites is 1. The molecule has 0 saturated carbocycles. The van der Waals surface area contributed by atoms with E-state index in [2.05, 4.69) is 22.3 Å². The maximum absolute atomic E-state index is 10.3. The Bertz CT molecular complexity index is 786. The van der Waals surface area contributed by atoms with Gasteiger partial charge in [-0.1, -0.05) is 35.9 Å². The number of aliphatic hydroxyl groups excluding tert-OH is 1. The number of fused-ring (bicyclic) bond motifs is 1. The second-order valence-corrected chi connectivity index (χ2v) is 7.40. The molecule has 0 aliphatic carbocycles. The van der Waals surface area contributed by atoms with Crippen molar-refractivity contribution in [1.29, 1.82) is 0 Å². The minimum atomic E-state index is -0.0321. The molecule has 2 aromatic rings. The van der Waals surface area contributed by atoms with Crippen molar-refractivity contribution in [3.05, 3.63) is 53.1 Å². The standard InChI is InChI=1S/C20H23ClN2O3/c1-26-17-8-7-13(18(21)20(17)25)19-15-10-23(12-5-3-2-4-6-12)9-14(15)16(11-24)22-19/h2-8,14-16,19,22,24-25H,9-11H2,1H3/t14-,15+,16-,19+/m0/s1. The number of methoxy groups -OCH3 is 1. The van der Waals surface area contributed by atoms with E-state index in [0.29, 0.717) is 22.6 Å². The van der Waals surface area contributed by atoms with E-state index in [1.165, 1.54) is 12.8 Å². The first kappa shape index (κ1) is 17.5. The van der Waals surface area contributed by atoms with Crippen molar-refractivity contribution in [2.75, 3.05) is 31.7 Å². The zero-order valence-corrected chi connectivity index (χ0v) is 15.4. The molecule has 2 aliphatic heterocycles. The molecule has 0 radical (unpaired) electrons. The van der Waals surface area contributed by atoms with Crippen LogP contribution in [0.1, 0.15) is 11.6 Å². The lowest BCUT2D eigenvalue weighted by Gasteiger charge is -2.25. The number of aromatic hydroxyl groups is 1. The monoisotopic (exact) mass is 374 g/mol. The molecule has 0 bridgehead atoms. The third-order valence-electron chi connectivity index (χ3n) is 5.73. The Hall–Kier alpha value is -1.95. The summed E-state index contributed by atoms with van der Waals surface area (Å²) in [5, 5.41) is 24.0. The van der Waals surface area contributed by atoms with Crippen LogP contribution in [-0.2, 0) is 0 Å². The summed E-state index contributed by atoms with van der Waals surface area (Å²) >= 11 is 6.45. The van der Waals surface area contributed by atoms with E-state index in [1.807, 2.05) is 24.3 Å². The summed E-state index contributed by atoms with van der Waals surface area (Å²) in [6, 6.07) is 14.0. The van der Waals surface area contributed by atoms with Crippen molar-refractivity contribution >= 4 is 17.3 Å². The highest BCUT2D eigenvalue weighted by Crippen LogP contribution is 2.47. The van der Waals surface area contributed by atoms with Gasteiger partial charge in [0, 0.05) is 42.7 Å². The zero-order chi connectivity index (χ0) is 18.3. The lowest BCUT2D eigenvalue weighted by atomic mass is 9.87. The molecule has 0 aromatic heterocycles. The van der Waals surface area contributed by atoms with Crippen LogP contribution in [0.5, 0.6) is 11.5 Å². The van der Waals surface area contributed by atoms with Gasteiger partial charge in [-0.25, -0.2) is 0 Å². The Morgan fingerprint density at radius 1 is 1.15 bits per heavy atom. The number of hydrogen-bond donors (Lipinski definition) is 3. The summed E-state index contributed by atoms with van der Waals surface area (Å²) in [6.45, 7) is 1.86. The minimum absolute atomic E-state index is 0.0130. The SMILES string of the molecule is COc1ccc([C@H]2N[C@@H](CO)[C@H]3CN(c4ccccc4)C[C@H]32)c(Cl)c1O. The van der Waals surface area contributed by atoms with Crippen molar-refractivity contribution in [3.8, 4) is 11.5 Å². The van der Waals surface area contributed by atoms with Crippen LogP contribution in [0.25, 0.3) is 0 Å². The average Bonchev–Trinajstić information content (AvgIpc) is 3.24. The predicted octanol–water partition coefficient (Wildman–Crippen LogP) is 2.81. The summed E-state index contributed by atoms with van der Waals surface area (Å²) < 4.78 is 5.14. The first-order valence-electron chi connectivity index (χ1n) is 8.86. The largest absolute Gasteiger partial charge is 0.503 e. The fraction of sp³-hybridized carbons (Fsp3) is 0.400. The summed E-state index contributed by atoms with van der Waals surface area (Å²) in [6.07, 6.45) is 0. The number of nitrogens with zero attached hydrogens (tertiary/aromatic N) is 1. The number of phenolic OH excluding ortho intramolecular Hbond substituents is 1. The minimum Gasteiger partial charge on any atom is -0.503 e. The van der Waals surface area contributed by atoms with Crippen molar-refractivity contribution in [3.63, 3.8) is 0 Å². The molecule has 2 aliphatic rings. The molecule has 5 nitrogen and oxygen atoms in total. The molecule has 0 amide bonds. The quantitative estimate of drug-likeness (QED) is 0.768. The third kappa shape index (κ3) is 2.80. The van der Waals surface area contributed by atoms with Crippen LogP contribution in [0.3, 0.4) is 0 Å². The molecule has 2 aromatic carbocycles. The van der Waals surface area contributed by atoms with E-state index in [0.717, 1.165) is 18.7 Å². The Labute approximate surface area is 158 Å². The maximum atomic E-state index is 10.3. The fourth-order valence-corrected chi connectivity index (χ4v) is 4.71. The van der Waals surface area contributed by atoms with Gasteiger partial charge in [0.1, 0.15) is 0 Å². The van der Waals surface area contributed by atoms with Crippen molar-refractivity contribution in [2.24, 2.45) is 11.8 Å². The highest BCUT2D eigenvalue weighted by molar-refractivity contribution is 6.33. The lowest BCUT2D eigenvalue weighted by molar-refractivity contribution is 0.227. The van der Waals surface area contributed by atoms with Crippen LogP contribution in [0.15, 0.2) is 42.5 Å². The Kier molecular flexibility index (Phi) is 4.69. The topological polar surface area (TPSA) is 65.0 Å². The smallest absolute Gasteiger partial charge is 0.177 e. The number of anilines is 1. The number of hydrogen-bond acceptors (Lipinski definition) is 5. The van der Waals surface area contributed by atoms with Crippen molar-refractivity contribution in [1.82, 2.24) is 5.32 Å². The van der Waals surface area contributed by atoms with E-state index in [-0.39, 0.29) is 24.4 Å². The number of rotatable bonds is 4. The molecule has 3 N–H and O–H groups in total. The maximum Gasteiger partial charge on any atom is 0.177 e. The summed E-state index contributed by atoms with van der Waals surface area (Å²) in [5.41, 5.74) is 2.05. The van der Waals surface area contributed by atoms with Crippen LogP contribution in [0.4, 0.5) is 5.69 Å². The number of halogens is 1. The van der Waals surface area contributed by atoms with Crippen LogP contribution in [0.2, 0.25) is 5.02 Å². The van der Waals surface area contributed by atoms with E-state index in [4.69, 9.17) is 16.3 Å². The van der Waals surface area contributed by atoms with E-state index >= 15 is 0 Å². The molecule has 2 fully saturated rings. The van der Waals surface area contributed by atoms with Crippen molar-refractivity contribution in [2.45, 2.75) is 12.1 Å². The average molecular weight is 375 g/mol. The number of aliphatic hydroxyl groups is 1. The highest BCUT2D eigenvalue weighted by Gasteiger charge is 2.49. The molecule has 4 rings (SSSR count). The molecule has 0 unspecified atom stereocenters. The van der Waals surface area contributed by atoms with Gasteiger partial charge in [0.15, 0.2) is 11.5 Å². The molecule has 26 heavy (non-hydrogen) atoms. The molecule has 2 saturated heterocycles. The highest BCUT2D eigenvalue weighted by atomic mass is 35.5. The van der Waals surface area contributed by atoms with Gasteiger partial charge < -0.3 is 25.2 Å². The normalized spacial score (nSPS) is 27.6. The molecule has 138 valence electrons. The van der Waals surface area contributed by atoms with Gasteiger partial charge in [-0.2, -0.15) is 0 Å². The molecule has 2 heterocycles. The van der Waals surface area contributed by atoms with E-state index in [1.54, 1.807) is 6.07 Å². The Balaban J connectivity index is 1.65. The molecular weight excluding hydrogens is 352 g/mol. The lowest BCUT2D eigenvalue weighted by Crippen LogP contribution is -2.36. The zero-order valence-electron chi connectivity index (χ0n) is 14.6. The number of ether oxygens (including phenoxy) is 1. The van der Waals surface area contributed by atoms with Gasteiger partial charge in [0.25, 0.3) is 0 Å².